The van der Waals surface area contributed by atoms with Crippen LogP contribution in [0.25, 0.3) is 0 Å². The molecule has 0 aromatic heterocycles. The Labute approximate surface area is 123 Å². The largest absolute Gasteiger partial charge is 0.493 e. The van der Waals surface area contributed by atoms with Crippen molar-refractivity contribution in [3.63, 3.8) is 0 Å². The van der Waals surface area contributed by atoms with Gasteiger partial charge in [-0.15, -0.1) is 0 Å². The molecule has 0 aliphatic carbocycles. The first-order chi connectivity index (χ1) is 9.53. The van der Waals surface area contributed by atoms with Gasteiger partial charge in [0.1, 0.15) is 5.75 Å². The van der Waals surface area contributed by atoms with Crippen molar-refractivity contribution in [2.45, 2.75) is 46.5 Å². The van der Waals surface area contributed by atoms with E-state index in [0.717, 1.165) is 25.2 Å². The average molecular weight is 279 g/mol. The number of hydrogen-bond donors (Lipinski definition) is 2. The SMILES string of the molecule is CCCOc1cc(C)c(C(C)CC(CN)CO)cc1C. The Balaban J connectivity index is 2.87. The fraction of sp³-hybridized carbons (Fsp3) is 0.647. The van der Waals surface area contributed by atoms with Crippen molar-refractivity contribution < 1.29 is 9.84 Å². The summed E-state index contributed by atoms with van der Waals surface area (Å²) in [5.74, 6) is 1.56. The van der Waals surface area contributed by atoms with E-state index < -0.39 is 0 Å². The lowest BCUT2D eigenvalue weighted by Crippen LogP contribution is -2.20. The van der Waals surface area contributed by atoms with E-state index in [1.165, 1.54) is 16.7 Å². The van der Waals surface area contributed by atoms with Gasteiger partial charge in [0.2, 0.25) is 0 Å². The molecule has 2 atom stereocenters. The second-order valence-corrected chi connectivity index (χ2v) is 5.74. The molecule has 3 heteroatoms. The molecule has 3 nitrogen and oxygen atoms in total. The number of benzene rings is 1. The lowest BCUT2D eigenvalue weighted by atomic mass is 9.87. The van der Waals surface area contributed by atoms with Crippen molar-refractivity contribution >= 4 is 0 Å². The molecular formula is C17H29NO2. The van der Waals surface area contributed by atoms with Gasteiger partial charge < -0.3 is 15.6 Å². The first-order valence-electron chi connectivity index (χ1n) is 7.58. The minimum Gasteiger partial charge on any atom is -0.493 e. The minimum absolute atomic E-state index is 0.163. The fourth-order valence-electron chi connectivity index (χ4n) is 2.58. The molecule has 1 aromatic rings. The van der Waals surface area contributed by atoms with Crippen molar-refractivity contribution in [2.24, 2.45) is 11.7 Å². The van der Waals surface area contributed by atoms with E-state index in [9.17, 15) is 5.11 Å². The molecule has 114 valence electrons. The van der Waals surface area contributed by atoms with E-state index in [0.29, 0.717) is 12.5 Å². The lowest BCUT2D eigenvalue weighted by Gasteiger charge is -2.21. The number of aryl methyl sites for hydroxylation is 2. The predicted molar refractivity (Wildman–Crippen MR) is 84.4 cm³/mol. The molecule has 0 amide bonds. The second-order valence-electron chi connectivity index (χ2n) is 5.74. The highest BCUT2D eigenvalue weighted by Crippen LogP contribution is 2.31. The maximum Gasteiger partial charge on any atom is 0.122 e. The van der Waals surface area contributed by atoms with E-state index in [1.54, 1.807) is 0 Å². The van der Waals surface area contributed by atoms with Gasteiger partial charge in [-0.05, 0) is 67.8 Å². The van der Waals surface area contributed by atoms with E-state index in [1.807, 2.05) is 0 Å². The molecule has 2 unspecified atom stereocenters. The molecule has 0 saturated heterocycles. The number of hydrogen-bond acceptors (Lipinski definition) is 3. The highest BCUT2D eigenvalue weighted by molar-refractivity contribution is 5.43. The Bertz CT molecular complexity index is 414. The van der Waals surface area contributed by atoms with Gasteiger partial charge in [-0.3, -0.25) is 0 Å². The van der Waals surface area contributed by atoms with E-state index in [2.05, 4.69) is 39.8 Å². The van der Waals surface area contributed by atoms with Crippen molar-refractivity contribution in [3.05, 3.63) is 28.8 Å². The monoisotopic (exact) mass is 279 g/mol. The van der Waals surface area contributed by atoms with Gasteiger partial charge in [-0.25, -0.2) is 0 Å². The average Bonchev–Trinajstić information content (AvgIpc) is 2.44. The Hall–Kier alpha value is -1.06. The van der Waals surface area contributed by atoms with E-state index in [-0.39, 0.29) is 12.5 Å². The van der Waals surface area contributed by atoms with Crippen molar-refractivity contribution in [1.82, 2.24) is 0 Å². The quantitative estimate of drug-likeness (QED) is 0.768. The van der Waals surface area contributed by atoms with Gasteiger partial charge in [0.25, 0.3) is 0 Å². The van der Waals surface area contributed by atoms with Crippen LogP contribution in [0.4, 0.5) is 0 Å². The zero-order valence-corrected chi connectivity index (χ0v) is 13.3. The molecule has 0 aliphatic rings. The Morgan fingerprint density at radius 2 is 1.95 bits per heavy atom. The molecule has 1 aromatic carbocycles. The van der Waals surface area contributed by atoms with Crippen molar-refractivity contribution in [2.75, 3.05) is 19.8 Å². The normalized spacial score (nSPS) is 14.1. The van der Waals surface area contributed by atoms with Crippen LogP contribution in [0.15, 0.2) is 12.1 Å². The van der Waals surface area contributed by atoms with Crippen LogP contribution < -0.4 is 10.5 Å². The van der Waals surface area contributed by atoms with Gasteiger partial charge in [-0.2, -0.15) is 0 Å². The van der Waals surface area contributed by atoms with E-state index >= 15 is 0 Å². The summed E-state index contributed by atoms with van der Waals surface area (Å²) in [5, 5.41) is 9.29. The van der Waals surface area contributed by atoms with Crippen LogP contribution in [-0.4, -0.2) is 24.9 Å². The Kier molecular flexibility index (Phi) is 7.03. The molecule has 3 N–H and O–H groups in total. The number of aliphatic hydroxyl groups is 1. The van der Waals surface area contributed by atoms with Gasteiger partial charge in [-0.1, -0.05) is 19.9 Å². The lowest BCUT2D eigenvalue weighted by molar-refractivity contribution is 0.217. The van der Waals surface area contributed by atoms with Gasteiger partial charge in [0.15, 0.2) is 0 Å². The molecule has 0 bridgehead atoms. The van der Waals surface area contributed by atoms with Crippen LogP contribution in [0.1, 0.15) is 49.3 Å². The third-order valence-corrected chi connectivity index (χ3v) is 3.83. The maximum absolute atomic E-state index is 9.29. The maximum atomic E-state index is 9.29. The summed E-state index contributed by atoms with van der Waals surface area (Å²) in [4.78, 5) is 0. The summed E-state index contributed by atoms with van der Waals surface area (Å²) in [6.45, 7) is 9.99. The molecule has 0 saturated carbocycles. The fourth-order valence-corrected chi connectivity index (χ4v) is 2.58. The molecule has 0 radical (unpaired) electrons. The Morgan fingerprint density at radius 3 is 2.50 bits per heavy atom. The predicted octanol–water partition coefficient (Wildman–Crippen LogP) is 3.15. The zero-order chi connectivity index (χ0) is 15.1. The van der Waals surface area contributed by atoms with Gasteiger partial charge in [0.05, 0.1) is 6.61 Å². The summed E-state index contributed by atoms with van der Waals surface area (Å²) in [5.41, 5.74) is 9.44. The molecule has 0 heterocycles. The van der Waals surface area contributed by atoms with Crippen LogP contribution in [-0.2, 0) is 0 Å². The standard InChI is InChI=1S/C17H29NO2/c1-5-6-20-17-9-13(3)16(8-14(17)4)12(2)7-15(10-18)11-19/h8-9,12,15,19H,5-7,10-11,18H2,1-4H3. The molecule has 1 rings (SSSR count). The van der Waals surface area contributed by atoms with E-state index in [4.69, 9.17) is 10.5 Å². The topological polar surface area (TPSA) is 55.5 Å². The molecular weight excluding hydrogens is 250 g/mol. The number of aliphatic hydroxyl groups excluding tert-OH is 1. The third kappa shape index (κ3) is 4.50. The first-order valence-corrected chi connectivity index (χ1v) is 7.58. The molecule has 0 spiro atoms. The Morgan fingerprint density at radius 1 is 1.25 bits per heavy atom. The highest BCUT2D eigenvalue weighted by atomic mass is 16.5. The van der Waals surface area contributed by atoms with Crippen molar-refractivity contribution in [1.29, 1.82) is 0 Å². The summed E-state index contributed by atoms with van der Waals surface area (Å²) >= 11 is 0. The van der Waals surface area contributed by atoms with Crippen LogP contribution in [0, 0.1) is 19.8 Å². The van der Waals surface area contributed by atoms with Crippen molar-refractivity contribution in [3.8, 4) is 5.75 Å². The van der Waals surface area contributed by atoms with Crippen LogP contribution in [0.3, 0.4) is 0 Å². The highest BCUT2D eigenvalue weighted by Gasteiger charge is 2.16. The van der Waals surface area contributed by atoms with Gasteiger partial charge >= 0.3 is 0 Å². The summed E-state index contributed by atoms with van der Waals surface area (Å²) in [7, 11) is 0. The number of nitrogens with two attached hydrogens (primary N) is 1. The first kappa shape index (κ1) is 17.0. The second kappa shape index (κ2) is 8.28. The molecule has 0 aliphatic heterocycles. The minimum atomic E-state index is 0.163. The number of ether oxygens (including phenoxy) is 1. The van der Waals surface area contributed by atoms with Crippen LogP contribution in [0.2, 0.25) is 0 Å². The van der Waals surface area contributed by atoms with Gasteiger partial charge in [0, 0.05) is 6.61 Å². The summed E-state index contributed by atoms with van der Waals surface area (Å²) in [6, 6.07) is 4.35. The summed E-state index contributed by atoms with van der Waals surface area (Å²) < 4.78 is 5.76. The molecule has 0 fully saturated rings. The summed E-state index contributed by atoms with van der Waals surface area (Å²) in [6.07, 6.45) is 1.94. The van der Waals surface area contributed by atoms with Crippen LogP contribution >= 0.6 is 0 Å². The zero-order valence-electron chi connectivity index (χ0n) is 13.3. The van der Waals surface area contributed by atoms with Crippen LogP contribution in [0.5, 0.6) is 5.75 Å². The third-order valence-electron chi connectivity index (χ3n) is 3.83. The smallest absolute Gasteiger partial charge is 0.122 e. The number of rotatable bonds is 8. The molecule has 20 heavy (non-hydrogen) atoms.